The molecule has 7 nitrogen and oxygen atoms in total. The molecule has 168 valence electrons. The second-order valence-electron chi connectivity index (χ2n) is 8.23. The van der Waals surface area contributed by atoms with Gasteiger partial charge in [0.25, 0.3) is 0 Å². The molecule has 0 saturated carbocycles. The van der Waals surface area contributed by atoms with Gasteiger partial charge in [0.05, 0.1) is 47.8 Å². The summed E-state index contributed by atoms with van der Waals surface area (Å²) in [6.07, 6.45) is 3.67. The van der Waals surface area contributed by atoms with Crippen molar-refractivity contribution in [2.75, 3.05) is 7.11 Å². The number of thioether (sulfide) groups is 1. The van der Waals surface area contributed by atoms with Crippen LogP contribution in [0.2, 0.25) is 0 Å². The molecule has 0 atom stereocenters. The van der Waals surface area contributed by atoms with Gasteiger partial charge in [-0.25, -0.2) is 4.98 Å². The maximum absolute atomic E-state index is 5.82. The lowest BCUT2D eigenvalue weighted by Crippen LogP contribution is -2.05. The molecule has 0 bridgehead atoms. The van der Waals surface area contributed by atoms with Crippen molar-refractivity contribution in [1.29, 1.82) is 0 Å². The minimum atomic E-state index is 0.393. The number of pyridine rings is 2. The SMILES string of the molecule is COc1cc2c(cc1-c1c(C)noc1C)ncc1nc(SC(C)C)n(Cc3ccccn3)c12. The molecule has 33 heavy (non-hydrogen) atoms. The van der Waals surface area contributed by atoms with Crippen LogP contribution in [0.15, 0.2) is 52.4 Å². The zero-order valence-electron chi connectivity index (χ0n) is 19.3. The first-order chi connectivity index (χ1) is 16.0. The van der Waals surface area contributed by atoms with Gasteiger partial charge in [-0.05, 0) is 38.1 Å². The maximum Gasteiger partial charge on any atom is 0.169 e. The molecule has 0 aliphatic carbocycles. The maximum atomic E-state index is 5.82. The Bertz CT molecular complexity index is 1440. The monoisotopic (exact) mass is 459 g/mol. The van der Waals surface area contributed by atoms with E-state index in [1.165, 1.54) is 0 Å². The number of nitrogens with zero attached hydrogens (tertiary/aromatic N) is 5. The van der Waals surface area contributed by atoms with Crippen LogP contribution < -0.4 is 4.74 Å². The van der Waals surface area contributed by atoms with Gasteiger partial charge in [-0.2, -0.15) is 0 Å². The first kappa shape index (κ1) is 21.5. The fraction of sp³-hybridized carbons (Fsp3) is 0.280. The van der Waals surface area contributed by atoms with Crippen molar-refractivity contribution >= 4 is 33.7 Å². The fourth-order valence-corrected chi connectivity index (χ4v) is 5.01. The number of rotatable bonds is 6. The number of imidazole rings is 1. The Labute approximate surface area is 196 Å². The summed E-state index contributed by atoms with van der Waals surface area (Å²) in [5, 5.41) is 6.45. The molecule has 5 aromatic rings. The summed E-state index contributed by atoms with van der Waals surface area (Å²) in [7, 11) is 1.68. The molecule has 0 fully saturated rings. The number of ether oxygens (including phenoxy) is 1. The number of methoxy groups -OCH3 is 1. The Kier molecular flexibility index (Phi) is 5.54. The van der Waals surface area contributed by atoms with Crippen molar-refractivity contribution in [3.8, 4) is 16.9 Å². The third-order valence-electron chi connectivity index (χ3n) is 5.55. The van der Waals surface area contributed by atoms with Gasteiger partial charge < -0.3 is 13.8 Å². The Morgan fingerprint density at radius 2 is 1.97 bits per heavy atom. The number of aryl methyl sites for hydroxylation is 2. The van der Waals surface area contributed by atoms with Crippen molar-refractivity contribution < 1.29 is 9.26 Å². The molecule has 5 rings (SSSR count). The van der Waals surface area contributed by atoms with E-state index in [0.29, 0.717) is 11.8 Å². The molecule has 0 aliphatic heterocycles. The summed E-state index contributed by atoms with van der Waals surface area (Å²) in [6.45, 7) is 8.81. The molecular weight excluding hydrogens is 434 g/mol. The van der Waals surface area contributed by atoms with E-state index in [2.05, 4.69) is 28.6 Å². The predicted molar refractivity (Wildman–Crippen MR) is 131 cm³/mol. The summed E-state index contributed by atoms with van der Waals surface area (Å²) in [6, 6.07) is 10.1. The van der Waals surface area contributed by atoms with E-state index < -0.39 is 0 Å². The summed E-state index contributed by atoms with van der Waals surface area (Å²) in [5.74, 6) is 1.50. The quantitative estimate of drug-likeness (QED) is 0.297. The number of hydrogen-bond acceptors (Lipinski definition) is 7. The lowest BCUT2D eigenvalue weighted by atomic mass is 10.0. The topological polar surface area (TPSA) is 78.9 Å². The largest absolute Gasteiger partial charge is 0.496 e. The van der Waals surface area contributed by atoms with Crippen LogP contribution in [0, 0.1) is 13.8 Å². The van der Waals surface area contributed by atoms with Crippen molar-refractivity contribution in [3.05, 3.63) is 59.9 Å². The van der Waals surface area contributed by atoms with Crippen LogP contribution in [0.1, 0.15) is 31.0 Å². The van der Waals surface area contributed by atoms with E-state index in [9.17, 15) is 0 Å². The highest BCUT2D eigenvalue weighted by molar-refractivity contribution is 7.99. The summed E-state index contributed by atoms with van der Waals surface area (Å²) in [4.78, 5) is 14.2. The highest BCUT2D eigenvalue weighted by Crippen LogP contribution is 2.40. The Morgan fingerprint density at radius 3 is 2.64 bits per heavy atom. The van der Waals surface area contributed by atoms with Gasteiger partial charge in [0, 0.05) is 22.4 Å². The second kappa shape index (κ2) is 8.51. The second-order valence-corrected chi connectivity index (χ2v) is 9.77. The van der Waals surface area contributed by atoms with Crippen molar-refractivity contribution in [2.45, 2.75) is 44.6 Å². The van der Waals surface area contributed by atoms with Crippen LogP contribution in [0.25, 0.3) is 33.1 Å². The van der Waals surface area contributed by atoms with Crippen molar-refractivity contribution in [3.63, 3.8) is 0 Å². The molecule has 0 saturated heterocycles. The molecule has 0 radical (unpaired) electrons. The highest BCUT2D eigenvalue weighted by atomic mass is 32.2. The smallest absolute Gasteiger partial charge is 0.169 e. The fourth-order valence-electron chi connectivity index (χ4n) is 4.15. The molecule has 4 aromatic heterocycles. The van der Waals surface area contributed by atoms with Crippen LogP contribution >= 0.6 is 11.8 Å². The normalized spacial score (nSPS) is 11.7. The van der Waals surface area contributed by atoms with Gasteiger partial charge in [0.15, 0.2) is 5.16 Å². The molecule has 0 amide bonds. The van der Waals surface area contributed by atoms with E-state index in [0.717, 1.165) is 61.1 Å². The molecule has 8 heteroatoms. The lowest BCUT2D eigenvalue weighted by molar-refractivity contribution is 0.393. The third kappa shape index (κ3) is 3.84. The average molecular weight is 460 g/mol. The van der Waals surface area contributed by atoms with Crippen molar-refractivity contribution in [2.24, 2.45) is 0 Å². The van der Waals surface area contributed by atoms with E-state index in [1.54, 1.807) is 18.9 Å². The average Bonchev–Trinajstić information content (AvgIpc) is 3.32. The van der Waals surface area contributed by atoms with Gasteiger partial charge in [-0.3, -0.25) is 9.97 Å². The van der Waals surface area contributed by atoms with Crippen LogP contribution in [0.4, 0.5) is 0 Å². The molecular formula is C25H25N5O2S. The summed E-state index contributed by atoms with van der Waals surface area (Å²) >= 11 is 1.74. The standard InChI is InChI=1S/C25H25N5O2S/c1-14(2)33-25-28-21-12-27-20-10-19(23-15(3)29-32-16(23)4)22(31-5)11-18(20)24(21)30(25)13-17-8-6-7-9-26-17/h6-12,14H,13H2,1-5H3. The van der Waals surface area contributed by atoms with E-state index in [-0.39, 0.29) is 0 Å². The first-order valence-electron chi connectivity index (χ1n) is 10.8. The molecule has 0 aliphatic rings. The predicted octanol–water partition coefficient (Wildman–Crippen LogP) is 5.81. The summed E-state index contributed by atoms with van der Waals surface area (Å²) in [5.41, 5.74) is 6.40. The van der Waals surface area contributed by atoms with Crippen LogP contribution in [-0.2, 0) is 6.54 Å². The number of aromatic nitrogens is 5. The first-order valence-corrected chi connectivity index (χ1v) is 11.7. The van der Waals surface area contributed by atoms with E-state index in [4.69, 9.17) is 19.2 Å². The number of benzene rings is 1. The molecule has 1 aromatic carbocycles. The van der Waals surface area contributed by atoms with Gasteiger partial charge in [0.1, 0.15) is 17.0 Å². The zero-order valence-corrected chi connectivity index (χ0v) is 20.1. The van der Waals surface area contributed by atoms with Gasteiger partial charge in [-0.1, -0.05) is 36.8 Å². The third-order valence-corrected chi connectivity index (χ3v) is 6.54. The van der Waals surface area contributed by atoms with Crippen molar-refractivity contribution in [1.82, 2.24) is 24.7 Å². The number of fused-ring (bicyclic) bond motifs is 3. The van der Waals surface area contributed by atoms with Crippen LogP contribution in [0.5, 0.6) is 5.75 Å². The van der Waals surface area contributed by atoms with E-state index >= 15 is 0 Å². The molecule has 0 spiro atoms. The molecule has 0 N–H and O–H groups in total. The Morgan fingerprint density at radius 1 is 1.12 bits per heavy atom. The Balaban J connectivity index is 1.78. The van der Waals surface area contributed by atoms with Crippen LogP contribution in [0.3, 0.4) is 0 Å². The lowest BCUT2D eigenvalue weighted by Gasteiger charge is -2.13. The highest BCUT2D eigenvalue weighted by Gasteiger charge is 2.21. The Hall–Kier alpha value is -3.39. The van der Waals surface area contributed by atoms with Gasteiger partial charge >= 0.3 is 0 Å². The minimum Gasteiger partial charge on any atom is -0.496 e. The molecule has 4 heterocycles. The zero-order chi connectivity index (χ0) is 23.1. The number of hydrogen-bond donors (Lipinski definition) is 0. The van der Waals surface area contributed by atoms with Gasteiger partial charge in [0.2, 0.25) is 0 Å². The van der Waals surface area contributed by atoms with E-state index in [1.807, 2.05) is 56.6 Å². The molecule has 0 unspecified atom stereocenters. The van der Waals surface area contributed by atoms with Crippen LogP contribution in [-0.4, -0.2) is 37.0 Å². The van der Waals surface area contributed by atoms with Gasteiger partial charge in [-0.15, -0.1) is 0 Å². The minimum absolute atomic E-state index is 0.393. The summed E-state index contributed by atoms with van der Waals surface area (Å²) < 4.78 is 13.5.